The van der Waals surface area contributed by atoms with E-state index in [-0.39, 0.29) is 18.0 Å². The van der Waals surface area contributed by atoms with Crippen LogP contribution in [0.25, 0.3) is 0 Å². The van der Waals surface area contributed by atoms with Gasteiger partial charge in [-0.05, 0) is 12.5 Å². The summed E-state index contributed by atoms with van der Waals surface area (Å²) in [6.45, 7) is 2.11. The molecule has 2 aliphatic heterocycles. The number of carbonyl (C=O) groups excluding carboxylic acids is 2. The van der Waals surface area contributed by atoms with Crippen molar-refractivity contribution >= 4 is 11.8 Å². The molecule has 0 aromatic heterocycles. The minimum absolute atomic E-state index is 0.141. The van der Waals surface area contributed by atoms with Crippen LogP contribution < -0.4 is 10.6 Å². The van der Waals surface area contributed by atoms with E-state index in [1.165, 1.54) is 0 Å². The summed E-state index contributed by atoms with van der Waals surface area (Å²) in [6.07, 6.45) is 9.15. The van der Waals surface area contributed by atoms with Crippen LogP contribution in [0.5, 0.6) is 0 Å². The Balaban J connectivity index is 1.88. The highest BCUT2D eigenvalue weighted by Crippen LogP contribution is 2.21. The molecule has 0 saturated heterocycles. The van der Waals surface area contributed by atoms with E-state index in [1.807, 2.05) is 6.08 Å². The molecule has 1 unspecified atom stereocenters. The van der Waals surface area contributed by atoms with Crippen molar-refractivity contribution in [2.75, 3.05) is 0 Å². The molecule has 98 valence electrons. The van der Waals surface area contributed by atoms with Crippen molar-refractivity contribution in [3.63, 3.8) is 0 Å². The maximum atomic E-state index is 11.8. The number of nitrogens with zero attached hydrogens (tertiary/aromatic N) is 1. The van der Waals surface area contributed by atoms with Gasteiger partial charge in [0.25, 0.3) is 0 Å². The fourth-order valence-electron chi connectivity index (χ4n) is 2.18. The molecule has 1 atom stereocenters. The van der Waals surface area contributed by atoms with E-state index in [0.29, 0.717) is 12.8 Å². The topological polar surface area (TPSA) is 61.4 Å². The number of allylic oxidation sites excluding steroid dienone is 1. The Morgan fingerprint density at radius 1 is 1.44 bits per heavy atom. The second-order valence-electron chi connectivity index (χ2n) is 4.60. The van der Waals surface area contributed by atoms with Crippen LogP contribution in [-0.2, 0) is 4.79 Å². The molecule has 0 saturated carbocycles. The molecule has 2 N–H and O–H groups in total. The molecule has 5 nitrogen and oxygen atoms in total. The molecule has 5 heteroatoms. The van der Waals surface area contributed by atoms with Crippen LogP contribution in [0.15, 0.2) is 24.2 Å². The number of hydrogen-bond donors (Lipinski definition) is 2. The average Bonchev–Trinajstić information content (AvgIpc) is 2.74. The Hall–Kier alpha value is -1.78. The first-order valence-electron chi connectivity index (χ1n) is 6.45. The molecule has 0 bridgehead atoms. The van der Waals surface area contributed by atoms with Crippen molar-refractivity contribution in [3.05, 3.63) is 24.2 Å². The number of ketones is 1. The van der Waals surface area contributed by atoms with Crippen LogP contribution in [-0.4, -0.2) is 22.9 Å². The molecule has 2 heterocycles. The molecule has 0 spiro atoms. The van der Waals surface area contributed by atoms with Gasteiger partial charge in [-0.3, -0.25) is 9.69 Å². The number of fused-ring (bicyclic) bond motifs is 1. The highest BCUT2D eigenvalue weighted by atomic mass is 16.2. The summed E-state index contributed by atoms with van der Waals surface area (Å²) in [6, 6.07) is -0.180. The summed E-state index contributed by atoms with van der Waals surface area (Å²) in [5.41, 5.74) is 0.753. The molecule has 0 radical (unpaired) electrons. The largest absolute Gasteiger partial charge is 0.366 e. The van der Waals surface area contributed by atoms with Gasteiger partial charge in [-0.1, -0.05) is 19.8 Å². The third-order valence-electron chi connectivity index (χ3n) is 3.15. The lowest BCUT2D eigenvalue weighted by Gasteiger charge is -2.27. The van der Waals surface area contributed by atoms with Crippen molar-refractivity contribution < 1.29 is 9.59 Å². The number of nitrogens with one attached hydrogen (secondary N) is 2. The highest BCUT2D eigenvalue weighted by Gasteiger charge is 2.32. The van der Waals surface area contributed by atoms with E-state index in [1.54, 1.807) is 17.3 Å². The molecule has 0 aromatic carbocycles. The molecule has 18 heavy (non-hydrogen) atoms. The Morgan fingerprint density at radius 2 is 2.28 bits per heavy atom. The van der Waals surface area contributed by atoms with Crippen molar-refractivity contribution in [2.24, 2.45) is 0 Å². The van der Waals surface area contributed by atoms with Gasteiger partial charge >= 0.3 is 6.03 Å². The lowest BCUT2D eigenvalue weighted by molar-refractivity contribution is -0.118. The molecule has 2 rings (SSSR count). The Kier molecular flexibility index (Phi) is 4.02. The average molecular weight is 249 g/mol. The van der Waals surface area contributed by atoms with Crippen molar-refractivity contribution in [1.29, 1.82) is 0 Å². The van der Waals surface area contributed by atoms with Crippen molar-refractivity contribution in [1.82, 2.24) is 15.5 Å². The predicted molar refractivity (Wildman–Crippen MR) is 68.3 cm³/mol. The van der Waals surface area contributed by atoms with Gasteiger partial charge in [0.1, 0.15) is 11.9 Å². The van der Waals surface area contributed by atoms with Crippen LogP contribution in [0.1, 0.15) is 39.0 Å². The summed E-state index contributed by atoms with van der Waals surface area (Å²) >= 11 is 0. The first-order valence-corrected chi connectivity index (χ1v) is 6.45. The van der Waals surface area contributed by atoms with E-state index in [9.17, 15) is 9.59 Å². The van der Waals surface area contributed by atoms with Crippen molar-refractivity contribution in [2.45, 2.75) is 45.2 Å². The van der Waals surface area contributed by atoms with E-state index in [0.717, 1.165) is 25.0 Å². The van der Waals surface area contributed by atoms with Gasteiger partial charge < -0.3 is 10.6 Å². The second-order valence-corrected chi connectivity index (χ2v) is 4.60. The smallest absolute Gasteiger partial charge is 0.327 e. The zero-order chi connectivity index (χ0) is 13.0. The van der Waals surface area contributed by atoms with E-state index in [2.05, 4.69) is 17.6 Å². The molecule has 2 aliphatic rings. The lowest BCUT2D eigenvalue weighted by atomic mass is 10.1. The zero-order valence-electron chi connectivity index (χ0n) is 10.6. The van der Waals surface area contributed by atoms with E-state index >= 15 is 0 Å². The molecule has 0 aromatic rings. The Bertz CT molecular complexity index is 401. The molecule has 0 fully saturated rings. The number of rotatable bonds is 6. The number of carbonyl (C=O) groups is 2. The van der Waals surface area contributed by atoms with Crippen LogP contribution in [0.3, 0.4) is 0 Å². The lowest BCUT2D eigenvalue weighted by Crippen LogP contribution is -2.47. The molecular weight excluding hydrogens is 230 g/mol. The van der Waals surface area contributed by atoms with Gasteiger partial charge in [-0.25, -0.2) is 4.79 Å². The normalized spacial score (nSPS) is 21.2. The minimum Gasteiger partial charge on any atom is -0.366 e. The number of urea groups is 1. The first-order chi connectivity index (χ1) is 8.72. The molecule has 2 amide bonds. The third kappa shape index (κ3) is 2.72. The van der Waals surface area contributed by atoms with E-state index in [4.69, 9.17) is 0 Å². The van der Waals surface area contributed by atoms with Crippen LogP contribution in [0, 0.1) is 0 Å². The van der Waals surface area contributed by atoms with E-state index < -0.39 is 0 Å². The minimum atomic E-state index is -0.180. The summed E-state index contributed by atoms with van der Waals surface area (Å²) < 4.78 is 0. The number of Topliss-reactive ketones (excluding diaryl/α,β-unsaturated/α-hetero) is 1. The van der Waals surface area contributed by atoms with Gasteiger partial charge in [0.2, 0.25) is 0 Å². The summed E-state index contributed by atoms with van der Waals surface area (Å²) in [4.78, 5) is 25.1. The number of hydrogen-bond acceptors (Lipinski definition) is 3. The molecule has 0 aliphatic carbocycles. The summed E-state index contributed by atoms with van der Waals surface area (Å²) in [5.74, 6) is 0.194. The zero-order valence-corrected chi connectivity index (χ0v) is 10.6. The van der Waals surface area contributed by atoms with Crippen molar-refractivity contribution in [3.8, 4) is 0 Å². The monoisotopic (exact) mass is 249 g/mol. The first kappa shape index (κ1) is 12.7. The fourth-order valence-corrected chi connectivity index (χ4v) is 2.18. The van der Waals surface area contributed by atoms with Gasteiger partial charge in [-0.2, -0.15) is 0 Å². The highest BCUT2D eigenvalue weighted by molar-refractivity contribution is 5.84. The summed E-state index contributed by atoms with van der Waals surface area (Å²) in [7, 11) is 0. The van der Waals surface area contributed by atoms with Gasteiger partial charge in [-0.15, -0.1) is 0 Å². The van der Waals surface area contributed by atoms with Gasteiger partial charge in [0.15, 0.2) is 0 Å². The van der Waals surface area contributed by atoms with Crippen LogP contribution >= 0.6 is 0 Å². The predicted octanol–water partition coefficient (Wildman–Crippen LogP) is 1.84. The van der Waals surface area contributed by atoms with Gasteiger partial charge in [0, 0.05) is 30.9 Å². The quantitative estimate of drug-likeness (QED) is 0.706. The van der Waals surface area contributed by atoms with Crippen LogP contribution in [0.2, 0.25) is 0 Å². The Morgan fingerprint density at radius 3 is 3.06 bits per heavy atom. The standard InChI is InChI=1S/C13H19N3O2/c1-2-3-4-5-11(17)8-10-9-15-12-6-7-14-13(18)16(10)12/h6-7,9,12,15H,2-5,8H2,1H3,(H,14,18). The SMILES string of the molecule is CCCCCC(=O)CC1=CNC2C=CNC(=O)N12. The molecular formula is C13H19N3O2. The Labute approximate surface area is 107 Å². The maximum Gasteiger partial charge on any atom is 0.327 e. The summed E-state index contributed by atoms with van der Waals surface area (Å²) in [5, 5.41) is 5.70. The van der Waals surface area contributed by atoms with Gasteiger partial charge in [0.05, 0.1) is 0 Å². The number of amides is 2. The van der Waals surface area contributed by atoms with Crippen LogP contribution in [0.4, 0.5) is 4.79 Å². The third-order valence-corrected chi connectivity index (χ3v) is 3.15. The second kappa shape index (κ2) is 5.71. The maximum absolute atomic E-state index is 11.8. The fraction of sp³-hybridized carbons (Fsp3) is 0.538. The number of unbranched alkanes of at least 4 members (excludes halogenated alkanes) is 2.